The van der Waals surface area contributed by atoms with Crippen molar-refractivity contribution in [3.8, 4) is 5.88 Å². The van der Waals surface area contributed by atoms with E-state index in [0.717, 1.165) is 4.90 Å². The lowest BCUT2D eigenvalue weighted by Gasteiger charge is -2.26. The highest BCUT2D eigenvalue weighted by atomic mass is 31.2. The maximum atomic E-state index is 12.3. The summed E-state index contributed by atoms with van der Waals surface area (Å²) in [7, 11) is -20.7. The molecule has 0 bridgehead atoms. The Labute approximate surface area is 674 Å². The number of carbonyl (C=O) groups excluding carboxylic acids is 2. The fourth-order valence-corrected chi connectivity index (χ4v) is 14.7. The lowest BCUT2D eigenvalue weighted by Crippen LogP contribution is -2.46. The van der Waals surface area contributed by atoms with Crippen molar-refractivity contribution in [1.82, 2.24) is 67.7 Å². The van der Waals surface area contributed by atoms with Gasteiger partial charge in [-0.05, 0) is 32.9 Å². The quantitative estimate of drug-likeness (QED) is 0.0297. The van der Waals surface area contributed by atoms with Gasteiger partial charge in [-0.3, -0.25) is 65.0 Å². The maximum absolute atomic E-state index is 12.3. The predicted molar refractivity (Wildman–Crippen MR) is 393 cm³/mol. The number of aliphatic hydroxyl groups excluding tert-OH is 10. The molecular weight excluding hydrogens is 1740 g/mol. The number of fused-ring (bicyclic) bond motifs is 5. The number of hydrogen-bond donors (Lipinski definition) is 22. The number of methoxy groups -OCH3 is 1. The summed E-state index contributed by atoms with van der Waals surface area (Å²) in [5, 5.41) is 101. The number of rotatable bonds is 21. The number of aryl methyl sites for hydroxylation is 3. The molecule has 7 aliphatic heterocycles. The maximum Gasteiger partial charge on any atom is 0.469 e. The first-order valence-corrected chi connectivity index (χ1v) is 42.6. The molecule has 121 heavy (non-hydrogen) atoms. The number of aliphatic hydroxyl groups is 10. The first-order valence-electron chi connectivity index (χ1n) is 34.9. The number of aliphatic imine (C=N–C) groups is 1. The number of nitrogens with two attached hydrogens (primary N) is 1. The van der Waals surface area contributed by atoms with E-state index in [4.69, 9.17) is 83.1 Å². The van der Waals surface area contributed by atoms with Crippen molar-refractivity contribution in [2.75, 3.05) is 50.8 Å². The molecule has 5 saturated heterocycles. The largest absolute Gasteiger partial charge is 0.479 e. The van der Waals surface area contributed by atoms with Crippen molar-refractivity contribution in [1.29, 1.82) is 0 Å². The number of amides is 1. The van der Waals surface area contributed by atoms with Crippen LogP contribution in [0.25, 0.3) is 33.4 Å². The number of carbonyl (C=O) groups is 2. The number of phosphoric acid groups is 5. The summed E-state index contributed by atoms with van der Waals surface area (Å²) in [5.41, 5.74) is 7.05. The number of pyridine rings is 1. The molecule has 57 nitrogen and oxygen atoms in total. The van der Waals surface area contributed by atoms with Crippen molar-refractivity contribution in [2.24, 2.45) is 12.0 Å². The van der Waals surface area contributed by atoms with Crippen LogP contribution in [0.1, 0.15) is 64.9 Å². The Morgan fingerprint density at radius 1 is 0.504 bits per heavy atom. The summed E-state index contributed by atoms with van der Waals surface area (Å²) in [6.45, 7) is 1.69. The third-order valence-electron chi connectivity index (χ3n) is 18.9. The fraction of sp³-hybridized carbons (Fsp3) is 0.542. The lowest BCUT2D eigenvalue weighted by molar-refractivity contribution is -0.121. The Morgan fingerprint density at radius 3 is 1.37 bits per heavy atom. The second-order valence-electron chi connectivity index (χ2n) is 27.1. The number of aromatic amines is 1. The molecule has 0 aromatic carbocycles. The van der Waals surface area contributed by atoms with Gasteiger partial charge in [0.25, 0.3) is 11.1 Å². The number of phosphoric ester groups is 5. The van der Waals surface area contributed by atoms with E-state index in [1.807, 2.05) is 0 Å². The van der Waals surface area contributed by atoms with Crippen molar-refractivity contribution in [3.63, 3.8) is 0 Å². The van der Waals surface area contributed by atoms with Crippen LogP contribution in [0.4, 0.5) is 17.3 Å². The van der Waals surface area contributed by atoms with Crippen molar-refractivity contribution in [2.45, 2.75) is 156 Å². The number of imidazole rings is 3. The van der Waals surface area contributed by atoms with Crippen molar-refractivity contribution < 1.29 is 183 Å². The Balaban J connectivity index is 0.000000148. The van der Waals surface area contributed by atoms with Gasteiger partial charge >= 0.3 is 39.1 Å². The molecular formula is C59H80N17O40P5. The third kappa shape index (κ3) is 21.4. The Morgan fingerprint density at radius 2 is 0.917 bits per heavy atom. The Kier molecular flexibility index (Phi) is 28.7. The fourth-order valence-electron chi connectivity index (χ4n) is 13.0. The molecule has 15 rings (SSSR count). The lowest BCUT2D eigenvalue weighted by atomic mass is 10.1. The van der Waals surface area contributed by atoms with Gasteiger partial charge in [-0.1, -0.05) is 0 Å². The van der Waals surface area contributed by atoms with Gasteiger partial charge in [0.2, 0.25) is 11.8 Å². The number of nitrogens with zero attached hydrogens (tertiary/aromatic N) is 15. The summed E-state index contributed by atoms with van der Waals surface area (Å²) in [6, 6.07) is 3.32. The highest BCUT2D eigenvalue weighted by Crippen LogP contribution is 2.45. The Bertz CT molecular complexity index is 5530. The predicted octanol–water partition coefficient (Wildman–Crippen LogP) is -7.19. The average Bonchev–Trinajstić information content (AvgIpc) is 1.62. The summed E-state index contributed by atoms with van der Waals surface area (Å²) >= 11 is 0. The standard InChI is InChI=1S/2C12H17N4O8P.C12H16N3O9P.C12H16N3O7P.C11H14N3O8P/c1-5-14-10-7(11(15-5)22-2)13-4-16(10)12-9(18)8(17)6(24-12)3-23-25(19,20)21;1-5-14-10-7(11(19)15(5)2)13-4-16(10)12-9(18)8(17)6(24-12)3-23-25(20,21)22;1-4-13-10-5(11(19)14-4)2-7(16)15(10)12-9(18)8(17)6(24-12)3-23-25(20,21)22;13-7-1-3-14-11-6(7)2-4-15(11)12-10(17)9(16)8(22-12)5-21-23(18,19)20;15-5-1-2-12-10-7(5)13-4-14(10)11-9(17)8(16)6(22-11)3-21-23(18,19)20/h4,6,8-9,12,17-18H,3H2,1-2H3,(H2,19,20,21);4,6,8-9,12,17-18H,3H2,1-2H3,(H2,20,21,22);6,8-9,12,17-18H,2-3H2,1H3,(H,13,14,19)(H2,20,21,22);1-4,8-10,12,16-17H,5H2,(H2,13,14)(H2,18,19,20);2,4,6,8-9,11,16-17H,1,3H2,(H2,18,19,20)/t3*6-,8-,9-,12-;8-,9-,10-,12-;6-,8-,9-,11-/m11111/s1. The first-order chi connectivity index (χ1) is 56.4. The minimum absolute atomic E-state index is 0.0130. The smallest absolute Gasteiger partial charge is 0.469 e. The van der Waals surface area contributed by atoms with Gasteiger partial charge in [-0.15, -0.1) is 0 Å². The van der Waals surface area contributed by atoms with Crippen LogP contribution < -0.4 is 26.5 Å². The molecule has 0 saturated carbocycles. The number of H-pyrrole nitrogens is 1. The van der Waals surface area contributed by atoms with Crippen LogP contribution in [0.2, 0.25) is 0 Å². The molecule has 666 valence electrons. The second kappa shape index (κ2) is 37.1. The summed E-state index contributed by atoms with van der Waals surface area (Å²) in [5.74, 6) is 0.713. The highest BCUT2D eigenvalue weighted by Gasteiger charge is 2.53. The van der Waals surface area contributed by atoms with Gasteiger partial charge in [0.05, 0.1) is 71.1 Å². The summed E-state index contributed by atoms with van der Waals surface area (Å²) < 4.78 is 114. The van der Waals surface area contributed by atoms with Gasteiger partial charge in [0, 0.05) is 43.2 Å². The SMILES string of the molecule is COc1nc(C)nc2c1ncn2[C@@H]1O[C@H](COP(=O)(O)O)[C@@H](O)[C@H]1O.Cc1nc2c(c(=O)[nH]1)CC(=O)N2[C@@H]1O[C@H](COP(=O)(O)O)[C@@H](O)[C@H]1O.Cc1nc2c(ncn2[C@@H]2O[C@H](COP(=O)(O)O)[C@@H](O)[C@H]2O)c(=O)n1C.Nc1ccnc2c1ccn2[C@@H]1O[C@H](COP(=O)(O)O)[C@@H](O)[C@H]1O.O=C1CC=Nc2c1ncn2[C@@H]1O[C@H](COP(=O)(O)O)[C@@H](O)[C@H]1O. The number of hydrogen-bond acceptors (Lipinski definition) is 40. The van der Waals surface area contributed by atoms with E-state index in [1.165, 1.54) is 68.3 Å². The Hall–Kier alpha value is -7.96. The number of Topliss-reactive ketones (excluding diaryl/α,β-unsaturated/α-hetero) is 1. The van der Waals surface area contributed by atoms with Gasteiger partial charge in [0.15, 0.2) is 70.8 Å². The molecule has 7 aliphatic rings. The molecule has 62 heteroatoms. The van der Waals surface area contributed by atoms with E-state index in [9.17, 15) is 93.1 Å². The number of anilines is 2. The monoisotopic (exact) mass is 1820 g/mol. The van der Waals surface area contributed by atoms with Gasteiger partial charge < -0.3 is 144 Å². The molecule has 8 aromatic heterocycles. The van der Waals surface area contributed by atoms with Crippen LogP contribution in [0, 0.1) is 20.8 Å². The topological polar surface area (TPSA) is 845 Å². The molecule has 23 N–H and O–H groups in total. The minimum Gasteiger partial charge on any atom is -0.479 e. The molecule has 15 heterocycles. The van der Waals surface area contributed by atoms with Crippen molar-refractivity contribution >= 4 is 108 Å². The van der Waals surface area contributed by atoms with E-state index >= 15 is 0 Å². The average molecular weight is 1820 g/mol. The molecule has 5 fully saturated rings. The van der Waals surface area contributed by atoms with Gasteiger partial charge in [-0.25, -0.2) is 62.7 Å². The van der Waals surface area contributed by atoms with E-state index in [1.54, 1.807) is 39.2 Å². The van der Waals surface area contributed by atoms with E-state index in [2.05, 4.69) is 72.5 Å². The van der Waals surface area contributed by atoms with E-state index < -0.39 is 206 Å². The van der Waals surface area contributed by atoms with Crippen LogP contribution in [-0.4, -0.2) is 324 Å². The van der Waals surface area contributed by atoms with Crippen LogP contribution in [0.15, 0.2) is 58.1 Å². The molecule has 0 aliphatic carbocycles. The van der Waals surface area contributed by atoms with Crippen molar-refractivity contribution in [3.05, 3.63) is 92.9 Å². The van der Waals surface area contributed by atoms with E-state index in [0.29, 0.717) is 39.5 Å². The number of nitrogen functional groups attached to an aromatic ring is 1. The zero-order valence-corrected chi connectivity index (χ0v) is 67.2. The highest BCUT2D eigenvalue weighted by molar-refractivity contribution is 7.47. The molecule has 0 spiro atoms. The van der Waals surface area contributed by atoms with Crippen LogP contribution in [0.3, 0.4) is 0 Å². The number of ketones is 1. The first kappa shape index (κ1) is 93.7. The van der Waals surface area contributed by atoms with Crippen LogP contribution >= 0.6 is 39.1 Å². The molecule has 0 radical (unpaired) electrons. The number of aromatic nitrogens is 14. The van der Waals surface area contributed by atoms with Crippen LogP contribution in [0.5, 0.6) is 5.88 Å². The summed E-state index contributed by atoms with van der Waals surface area (Å²) in [4.78, 5) is 176. The molecule has 0 unspecified atom stereocenters. The van der Waals surface area contributed by atoms with Gasteiger partial charge in [-0.2, -0.15) is 4.98 Å². The normalized spacial score (nSPS) is 28.6. The number of ether oxygens (including phenoxy) is 6. The minimum atomic E-state index is -4.80. The van der Waals surface area contributed by atoms with Crippen LogP contribution in [-0.2, 0) is 87.4 Å². The summed E-state index contributed by atoms with van der Waals surface area (Å²) in [6.07, 6.45) is -17.7. The van der Waals surface area contributed by atoms with Gasteiger partial charge in [0.1, 0.15) is 120 Å². The van der Waals surface area contributed by atoms with E-state index in [-0.39, 0.29) is 69.9 Å². The zero-order valence-electron chi connectivity index (χ0n) is 62.7. The molecule has 20 atom stereocenters. The molecule has 1 amide bonds. The third-order valence-corrected chi connectivity index (χ3v) is 21.3. The second-order valence-corrected chi connectivity index (χ2v) is 33.3. The zero-order chi connectivity index (χ0) is 88.9. The molecule has 8 aromatic rings. The number of nitrogens with one attached hydrogen (secondary N) is 1.